The topological polar surface area (TPSA) is 87.0 Å². The van der Waals surface area contributed by atoms with Crippen LogP contribution in [0.1, 0.15) is 27.2 Å². The van der Waals surface area contributed by atoms with Crippen LogP contribution in [0.15, 0.2) is 41.8 Å². The molecule has 1 fully saturated rings. The van der Waals surface area contributed by atoms with Gasteiger partial charge in [-0.1, -0.05) is 11.2 Å². The third kappa shape index (κ3) is 3.24. The van der Waals surface area contributed by atoms with Crippen molar-refractivity contribution in [2.24, 2.45) is 5.16 Å². The maximum atomic E-state index is 13.2. The number of ether oxygens (including phenoxy) is 1. The first-order chi connectivity index (χ1) is 14.2. The number of hydrogen-bond donors (Lipinski definition) is 2. The number of carbonyl (C=O) groups is 1. The van der Waals surface area contributed by atoms with E-state index in [0.717, 1.165) is 51.1 Å². The van der Waals surface area contributed by atoms with E-state index in [1.54, 1.807) is 12.4 Å². The standard InChI is InChI=1S/C21H20N4O3S/c26-21(25-7-9-28-10-8-25)20-19(16-5-6-22-12-18(16)29-20)23-14-2-3-15-13(11-14)1-4-17(15)24-27/h2-3,5-6,11-12,23,27H,1,4,7-10H2/b24-17+. The molecular formula is C21H20N4O3S. The van der Waals surface area contributed by atoms with E-state index >= 15 is 0 Å². The third-order valence-corrected chi connectivity index (χ3v) is 6.55. The van der Waals surface area contributed by atoms with E-state index in [4.69, 9.17) is 9.94 Å². The number of aryl methyl sites for hydroxylation is 1. The van der Waals surface area contributed by atoms with Crippen LogP contribution in [0.4, 0.5) is 11.4 Å². The number of pyridine rings is 1. The van der Waals surface area contributed by atoms with Gasteiger partial charge in [0.1, 0.15) is 4.88 Å². The minimum Gasteiger partial charge on any atom is -0.411 e. The molecular weight excluding hydrogens is 388 g/mol. The molecule has 5 rings (SSSR count). The number of rotatable bonds is 3. The van der Waals surface area contributed by atoms with E-state index in [2.05, 4.69) is 21.5 Å². The normalized spacial score (nSPS) is 17.7. The number of aromatic nitrogens is 1. The summed E-state index contributed by atoms with van der Waals surface area (Å²) in [4.78, 5) is 20.0. The highest BCUT2D eigenvalue weighted by Gasteiger charge is 2.25. The second kappa shape index (κ2) is 7.46. The van der Waals surface area contributed by atoms with E-state index in [9.17, 15) is 4.79 Å². The lowest BCUT2D eigenvalue weighted by Gasteiger charge is -2.26. The summed E-state index contributed by atoms with van der Waals surface area (Å²) in [5.74, 6) is 0.0212. The number of thiophene rings is 1. The zero-order valence-electron chi connectivity index (χ0n) is 15.7. The van der Waals surface area contributed by atoms with E-state index in [1.165, 1.54) is 11.3 Å². The molecule has 1 aliphatic heterocycles. The first kappa shape index (κ1) is 18.1. The Morgan fingerprint density at radius 3 is 2.93 bits per heavy atom. The number of nitrogens with one attached hydrogen (secondary N) is 1. The molecule has 0 atom stereocenters. The molecule has 0 bridgehead atoms. The Hall–Kier alpha value is -2.97. The Labute approximate surface area is 171 Å². The molecule has 0 unspecified atom stereocenters. The maximum Gasteiger partial charge on any atom is 0.266 e. The van der Waals surface area contributed by atoms with Crippen molar-refractivity contribution in [2.75, 3.05) is 31.6 Å². The number of morpholine rings is 1. The van der Waals surface area contributed by atoms with Crippen molar-refractivity contribution in [3.63, 3.8) is 0 Å². The highest BCUT2D eigenvalue weighted by molar-refractivity contribution is 7.21. The Morgan fingerprint density at radius 1 is 1.24 bits per heavy atom. The van der Waals surface area contributed by atoms with Crippen LogP contribution in [0.5, 0.6) is 0 Å². The molecule has 1 aromatic carbocycles. The van der Waals surface area contributed by atoms with Gasteiger partial charge in [-0.05, 0) is 36.6 Å². The van der Waals surface area contributed by atoms with Crippen LogP contribution in [0, 0.1) is 0 Å². The summed E-state index contributed by atoms with van der Waals surface area (Å²) in [5, 5.41) is 17.0. The van der Waals surface area contributed by atoms with Gasteiger partial charge in [0.25, 0.3) is 5.91 Å². The largest absolute Gasteiger partial charge is 0.411 e. The molecule has 29 heavy (non-hydrogen) atoms. The Balaban J connectivity index is 1.53. The molecule has 1 saturated heterocycles. The highest BCUT2D eigenvalue weighted by atomic mass is 32.1. The van der Waals surface area contributed by atoms with Crippen molar-refractivity contribution < 1.29 is 14.7 Å². The smallest absolute Gasteiger partial charge is 0.266 e. The van der Waals surface area contributed by atoms with Crippen LogP contribution in [-0.4, -0.2) is 53.0 Å². The zero-order chi connectivity index (χ0) is 19.8. The SMILES string of the molecule is O=C(c1sc2cnccc2c1Nc1ccc2c(c1)CC/C2=N\O)N1CCOCC1. The summed E-state index contributed by atoms with van der Waals surface area (Å²) < 4.78 is 6.36. The van der Waals surface area contributed by atoms with Crippen LogP contribution in [-0.2, 0) is 11.2 Å². The number of oxime groups is 1. The van der Waals surface area contributed by atoms with Gasteiger partial charge in [-0.25, -0.2) is 0 Å². The van der Waals surface area contributed by atoms with E-state index in [-0.39, 0.29) is 5.91 Å². The molecule has 3 heterocycles. The van der Waals surface area contributed by atoms with Crippen molar-refractivity contribution >= 4 is 44.4 Å². The molecule has 3 aromatic rings. The number of anilines is 2. The predicted octanol–water partition coefficient (Wildman–Crippen LogP) is 3.64. The van der Waals surface area contributed by atoms with Crippen LogP contribution in [0.25, 0.3) is 10.1 Å². The lowest BCUT2D eigenvalue weighted by Crippen LogP contribution is -2.40. The predicted molar refractivity (Wildman–Crippen MR) is 113 cm³/mol. The summed E-state index contributed by atoms with van der Waals surface area (Å²) in [6, 6.07) is 7.94. The van der Waals surface area contributed by atoms with Gasteiger partial charge in [0.2, 0.25) is 0 Å². The number of carbonyl (C=O) groups excluding carboxylic acids is 1. The Morgan fingerprint density at radius 2 is 2.10 bits per heavy atom. The Kier molecular flexibility index (Phi) is 4.65. The van der Waals surface area contributed by atoms with Crippen molar-refractivity contribution in [1.82, 2.24) is 9.88 Å². The monoisotopic (exact) mass is 408 g/mol. The van der Waals surface area contributed by atoms with Gasteiger partial charge in [0.05, 0.1) is 29.3 Å². The lowest BCUT2D eigenvalue weighted by molar-refractivity contribution is 0.0307. The number of amides is 1. The fourth-order valence-electron chi connectivity index (χ4n) is 3.93. The summed E-state index contributed by atoms with van der Waals surface area (Å²) in [5.41, 5.74) is 4.59. The average molecular weight is 408 g/mol. The van der Waals surface area contributed by atoms with Gasteiger partial charge >= 0.3 is 0 Å². The van der Waals surface area contributed by atoms with Gasteiger partial charge in [-0.2, -0.15) is 0 Å². The number of benzene rings is 1. The first-order valence-electron chi connectivity index (χ1n) is 9.59. The van der Waals surface area contributed by atoms with E-state index < -0.39 is 0 Å². The molecule has 2 N–H and O–H groups in total. The molecule has 2 aliphatic rings. The molecule has 0 spiro atoms. The summed E-state index contributed by atoms with van der Waals surface area (Å²) >= 11 is 1.47. The molecule has 8 heteroatoms. The molecule has 148 valence electrons. The number of fused-ring (bicyclic) bond motifs is 2. The first-order valence-corrected chi connectivity index (χ1v) is 10.4. The van der Waals surface area contributed by atoms with Crippen molar-refractivity contribution in [3.8, 4) is 0 Å². The van der Waals surface area contributed by atoms with Crippen LogP contribution < -0.4 is 5.32 Å². The van der Waals surface area contributed by atoms with Crippen molar-refractivity contribution in [3.05, 3.63) is 52.7 Å². The Bertz CT molecular complexity index is 1120. The fraction of sp³-hybridized carbons (Fsp3) is 0.286. The molecule has 2 aromatic heterocycles. The fourth-order valence-corrected chi connectivity index (χ4v) is 5.02. The van der Waals surface area contributed by atoms with Crippen molar-refractivity contribution in [2.45, 2.75) is 12.8 Å². The summed E-state index contributed by atoms with van der Waals surface area (Å²) in [7, 11) is 0. The van der Waals surface area contributed by atoms with Gasteiger partial charge < -0.3 is 20.2 Å². The van der Waals surface area contributed by atoms with Gasteiger partial charge in [0.15, 0.2) is 0 Å². The molecule has 7 nitrogen and oxygen atoms in total. The lowest BCUT2D eigenvalue weighted by atomic mass is 10.1. The van der Waals surface area contributed by atoms with Crippen LogP contribution in [0.2, 0.25) is 0 Å². The quantitative estimate of drug-likeness (QED) is 0.510. The molecule has 1 amide bonds. The molecule has 0 radical (unpaired) electrons. The van der Waals surface area contributed by atoms with Crippen LogP contribution in [0.3, 0.4) is 0 Å². The number of hydrogen-bond acceptors (Lipinski definition) is 7. The maximum absolute atomic E-state index is 13.2. The van der Waals surface area contributed by atoms with Gasteiger partial charge in [-0.3, -0.25) is 9.78 Å². The van der Waals surface area contributed by atoms with Gasteiger partial charge in [-0.15, -0.1) is 11.3 Å². The zero-order valence-corrected chi connectivity index (χ0v) is 16.5. The summed E-state index contributed by atoms with van der Waals surface area (Å²) in [6.45, 7) is 2.35. The highest BCUT2D eigenvalue weighted by Crippen LogP contribution is 2.38. The number of nitrogens with zero attached hydrogens (tertiary/aromatic N) is 3. The summed E-state index contributed by atoms with van der Waals surface area (Å²) in [6.07, 6.45) is 5.13. The molecule has 0 saturated carbocycles. The third-order valence-electron chi connectivity index (χ3n) is 5.42. The average Bonchev–Trinajstić information content (AvgIpc) is 3.35. The minimum atomic E-state index is 0.0212. The van der Waals surface area contributed by atoms with E-state index in [0.29, 0.717) is 31.2 Å². The second-order valence-electron chi connectivity index (χ2n) is 7.13. The molecule has 1 aliphatic carbocycles. The van der Waals surface area contributed by atoms with Crippen LogP contribution >= 0.6 is 11.3 Å². The van der Waals surface area contributed by atoms with Crippen molar-refractivity contribution in [1.29, 1.82) is 0 Å². The minimum absolute atomic E-state index is 0.0212. The van der Waals surface area contributed by atoms with Gasteiger partial charge in [0, 0.05) is 42.1 Å². The second-order valence-corrected chi connectivity index (χ2v) is 8.18. The van der Waals surface area contributed by atoms with E-state index in [1.807, 2.05) is 23.1 Å².